The molecule has 6 heteroatoms. The molecule has 0 unspecified atom stereocenters. The largest absolute Gasteiger partial charge is 0.481 e. The fourth-order valence-electron chi connectivity index (χ4n) is 3.18. The van der Waals surface area contributed by atoms with Gasteiger partial charge in [-0.15, -0.1) is 0 Å². The average molecular weight is 367 g/mol. The van der Waals surface area contributed by atoms with Crippen LogP contribution in [-0.4, -0.2) is 29.1 Å². The highest BCUT2D eigenvalue weighted by Gasteiger charge is 2.10. The Morgan fingerprint density at radius 2 is 1.89 bits per heavy atom. The molecule has 27 heavy (non-hydrogen) atoms. The molecule has 0 atom stereocenters. The summed E-state index contributed by atoms with van der Waals surface area (Å²) in [4.78, 5) is 15.9. The number of imidazole rings is 1. The summed E-state index contributed by atoms with van der Waals surface area (Å²) in [5, 5.41) is 3.44. The quantitative estimate of drug-likeness (QED) is 0.650. The average Bonchev–Trinajstić information content (AvgIpc) is 3.05. The smallest absolute Gasteiger partial charge is 0.343 e. The number of pyridine rings is 1. The number of nitrogens with zero attached hydrogens (tertiary/aromatic N) is 2. The second-order valence-corrected chi connectivity index (χ2v) is 6.65. The van der Waals surface area contributed by atoms with Crippen molar-refractivity contribution < 1.29 is 14.3 Å². The van der Waals surface area contributed by atoms with Crippen molar-refractivity contribution >= 4 is 11.6 Å². The van der Waals surface area contributed by atoms with Gasteiger partial charge in [0.05, 0.1) is 12.8 Å². The lowest BCUT2D eigenvalue weighted by atomic mass is 10.1. The number of rotatable bonds is 7. The molecule has 0 saturated heterocycles. The molecular weight excluding hydrogens is 342 g/mol. The molecule has 3 rings (SSSR count). The van der Waals surface area contributed by atoms with Gasteiger partial charge in [-0.1, -0.05) is 18.2 Å². The van der Waals surface area contributed by atoms with E-state index in [0.717, 1.165) is 40.3 Å². The number of ether oxygens (including phenoxy) is 2. The first-order valence-corrected chi connectivity index (χ1v) is 8.92. The number of hydrogen-bond donors (Lipinski definition) is 1. The molecule has 1 N–H and O–H groups in total. The first-order chi connectivity index (χ1) is 13.0. The maximum atomic E-state index is 11.3. The number of carbonyl (C=O) groups excluding carboxylic acids is 1. The number of aromatic nitrogens is 2. The van der Waals surface area contributed by atoms with Gasteiger partial charge in [0.25, 0.3) is 0 Å². The highest BCUT2D eigenvalue weighted by molar-refractivity contribution is 5.71. The summed E-state index contributed by atoms with van der Waals surface area (Å²) in [6, 6.07) is 10.2. The molecule has 6 nitrogen and oxygen atoms in total. The van der Waals surface area contributed by atoms with Crippen LogP contribution in [0.2, 0.25) is 0 Å². The van der Waals surface area contributed by atoms with E-state index in [2.05, 4.69) is 50.8 Å². The second-order valence-electron chi connectivity index (χ2n) is 6.65. The summed E-state index contributed by atoms with van der Waals surface area (Å²) < 4.78 is 12.3. The van der Waals surface area contributed by atoms with Gasteiger partial charge in [-0.25, -0.2) is 9.78 Å². The molecule has 1 aromatic carbocycles. The van der Waals surface area contributed by atoms with Gasteiger partial charge in [-0.2, -0.15) is 0 Å². The van der Waals surface area contributed by atoms with E-state index in [0.29, 0.717) is 6.54 Å². The monoisotopic (exact) mass is 367 g/mol. The van der Waals surface area contributed by atoms with Crippen LogP contribution in [-0.2, 0) is 22.6 Å². The number of nitrogens with one attached hydrogen (secondary N) is 1. The first kappa shape index (κ1) is 18.9. The zero-order valence-electron chi connectivity index (χ0n) is 16.2. The minimum absolute atomic E-state index is 0.0803. The summed E-state index contributed by atoms with van der Waals surface area (Å²) in [7, 11) is 1.35. The maximum absolute atomic E-state index is 11.3. The predicted molar refractivity (Wildman–Crippen MR) is 104 cm³/mol. The van der Waals surface area contributed by atoms with Crippen LogP contribution in [0.4, 0.5) is 0 Å². The maximum Gasteiger partial charge on any atom is 0.343 e. The molecule has 0 spiro atoms. The van der Waals surface area contributed by atoms with Gasteiger partial charge >= 0.3 is 5.97 Å². The third-order valence-corrected chi connectivity index (χ3v) is 4.46. The first-order valence-electron chi connectivity index (χ1n) is 8.92. The number of carbonyl (C=O) groups is 1. The summed E-state index contributed by atoms with van der Waals surface area (Å²) in [6.45, 7) is 7.37. The lowest BCUT2D eigenvalue weighted by Crippen LogP contribution is -2.15. The minimum atomic E-state index is -0.387. The topological polar surface area (TPSA) is 64.9 Å². The molecule has 0 aliphatic rings. The van der Waals surface area contributed by atoms with Crippen molar-refractivity contribution in [2.75, 3.05) is 13.7 Å². The molecule has 0 aliphatic heterocycles. The van der Waals surface area contributed by atoms with E-state index in [1.165, 1.54) is 12.8 Å². The van der Waals surface area contributed by atoms with Gasteiger partial charge in [0.2, 0.25) is 0 Å². The fourth-order valence-corrected chi connectivity index (χ4v) is 3.18. The van der Waals surface area contributed by atoms with Crippen LogP contribution in [0.1, 0.15) is 28.1 Å². The lowest BCUT2D eigenvalue weighted by molar-refractivity contribution is -0.142. The number of methoxy groups -OCH3 is 1. The van der Waals surface area contributed by atoms with Crippen LogP contribution in [0.5, 0.6) is 5.75 Å². The van der Waals surface area contributed by atoms with Crippen LogP contribution in [0.25, 0.3) is 5.65 Å². The lowest BCUT2D eigenvalue weighted by Gasteiger charge is -2.13. The van der Waals surface area contributed by atoms with Crippen molar-refractivity contribution in [3.63, 3.8) is 0 Å². The molecule has 142 valence electrons. The highest BCUT2D eigenvalue weighted by Crippen LogP contribution is 2.25. The van der Waals surface area contributed by atoms with Gasteiger partial charge in [0.1, 0.15) is 11.4 Å². The van der Waals surface area contributed by atoms with Crippen molar-refractivity contribution in [3.05, 3.63) is 64.6 Å². The molecule has 0 amide bonds. The Morgan fingerprint density at radius 3 is 2.56 bits per heavy atom. The van der Waals surface area contributed by atoms with E-state index in [4.69, 9.17) is 4.74 Å². The standard InChI is InChI=1S/C21H25N3O3/c1-14-8-17(9-15(2)21(14)27-13-20(25)26-4)10-22-11-18-12-24-16(3)6-5-7-19(24)23-18/h5-9,12,22H,10-11,13H2,1-4H3. The fraction of sp³-hybridized carbons (Fsp3) is 0.333. The van der Waals surface area contributed by atoms with E-state index in [1.54, 1.807) is 0 Å². The zero-order chi connectivity index (χ0) is 19.4. The molecular formula is C21H25N3O3. The van der Waals surface area contributed by atoms with Crippen molar-refractivity contribution in [1.29, 1.82) is 0 Å². The van der Waals surface area contributed by atoms with Crippen LogP contribution < -0.4 is 10.1 Å². The van der Waals surface area contributed by atoms with Crippen molar-refractivity contribution in [2.24, 2.45) is 0 Å². The third-order valence-electron chi connectivity index (χ3n) is 4.46. The van der Waals surface area contributed by atoms with Crippen molar-refractivity contribution in [2.45, 2.75) is 33.9 Å². The molecule has 2 heterocycles. The minimum Gasteiger partial charge on any atom is -0.481 e. The molecule has 0 saturated carbocycles. The van der Waals surface area contributed by atoms with Crippen LogP contribution >= 0.6 is 0 Å². The molecule has 3 aromatic rings. The summed E-state index contributed by atoms with van der Waals surface area (Å²) in [5.41, 5.74) is 6.30. The Bertz CT molecular complexity index is 939. The molecule has 2 aromatic heterocycles. The predicted octanol–water partition coefficient (Wildman–Crippen LogP) is 3.10. The summed E-state index contributed by atoms with van der Waals surface area (Å²) in [6.07, 6.45) is 2.07. The Labute approximate surface area is 159 Å². The second kappa shape index (κ2) is 8.22. The van der Waals surface area contributed by atoms with E-state index in [9.17, 15) is 4.79 Å². The number of benzene rings is 1. The Morgan fingerprint density at radius 1 is 1.15 bits per heavy atom. The Kier molecular flexibility index (Phi) is 5.76. The SMILES string of the molecule is COC(=O)COc1c(C)cc(CNCc2cn3c(C)cccc3n2)cc1C. The van der Waals surface area contributed by atoms with E-state index in [-0.39, 0.29) is 12.6 Å². The van der Waals surface area contributed by atoms with E-state index in [1.807, 2.05) is 26.0 Å². The number of fused-ring (bicyclic) bond motifs is 1. The van der Waals surface area contributed by atoms with Crippen LogP contribution in [0.3, 0.4) is 0 Å². The van der Waals surface area contributed by atoms with Crippen molar-refractivity contribution in [3.8, 4) is 5.75 Å². The van der Waals surface area contributed by atoms with Gasteiger partial charge in [-0.05, 0) is 49.6 Å². The Balaban J connectivity index is 1.62. The summed E-state index contributed by atoms with van der Waals surface area (Å²) >= 11 is 0. The normalized spacial score (nSPS) is 11.0. The van der Waals surface area contributed by atoms with Gasteiger partial charge in [-0.3, -0.25) is 0 Å². The molecule has 0 radical (unpaired) electrons. The van der Waals surface area contributed by atoms with Crippen LogP contribution in [0, 0.1) is 20.8 Å². The van der Waals surface area contributed by atoms with Gasteiger partial charge in [0.15, 0.2) is 6.61 Å². The van der Waals surface area contributed by atoms with E-state index < -0.39 is 0 Å². The van der Waals surface area contributed by atoms with Gasteiger partial charge in [0, 0.05) is 25.0 Å². The molecule has 0 aliphatic carbocycles. The summed E-state index contributed by atoms with van der Waals surface area (Å²) in [5.74, 6) is 0.349. The number of aryl methyl sites for hydroxylation is 3. The van der Waals surface area contributed by atoms with Crippen LogP contribution in [0.15, 0.2) is 36.5 Å². The molecule has 0 fully saturated rings. The van der Waals surface area contributed by atoms with Gasteiger partial charge < -0.3 is 19.2 Å². The number of esters is 1. The third kappa shape index (κ3) is 4.46. The Hall–Kier alpha value is -2.86. The van der Waals surface area contributed by atoms with Crippen molar-refractivity contribution in [1.82, 2.24) is 14.7 Å². The highest BCUT2D eigenvalue weighted by atomic mass is 16.6. The molecule has 0 bridgehead atoms. The zero-order valence-corrected chi connectivity index (χ0v) is 16.2. The van der Waals surface area contributed by atoms with E-state index >= 15 is 0 Å². The number of hydrogen-bond acceptors (Lipinski definition) is 5.